The standard InChI is InChI=1S/C10H23P/c1-7-10(6)11(8(2)3)9(4)5/h8-10H,7H2,1-6H3. The van der Waals surface area contributed by atoms with Gasteiger partial charge in [-0.2, -0.15) is 0 Å². The van der Waals surface area contributed by atoms with Gasteiger partial charge in [-0.3, -0.25) is 0 Å². The molecule has 68 valence electrons. The first-order valence-electron chi connectivity index (χ1n) is 4.78. The topological polar surface area (TPSA) is 0 Å². The lowest BCUT2D eigenvalue weighted by atomic mass is 10.4. The summed E-state index contributed by atoms with van der Waals surface area (Å²) in [7, 11) is 0.260. The van der Waals surface area contributed by atoms with E-state index >= 15 is 0 Å². The molecule has 0 heterocycles. The summed E-state index contributed by atoms with van der Waals surface area (Å²) < 4.78 is 0. The second-order valence-electron chi connectivity index (χ2n) is 3.89. The Balaban J connectivity index is 4.09. The zero-order chi connectivity index (χ0) is 9.02. The van der Waals surface area contributed by atoms with E-state index in [0.717, 1.165) is 17.0 Å². The molecule has 0 saturated heterocycles. The second kappa shape index (κ2) is 5.14. The van der Waals surface area contributed by atoms with Crippen LogP contribution in [0.1, 0.15) is 48.0 Å². The van der Waals surface area contributed by atoms with Gasteiger partial charge in [0.15, 0.2) is 0 Å². The van der Waals surface area contributed by atoms with Crippen molar-refractivity contribution < 1.29 is 0 Å². The largest absolute Gasteiger partial charge is 0.0985 e. The third-order valence-electron chi connectivity index (χ3n) is 2.29. The summed E-state index contributed by atoms with van der Waals surface area (Å²) in [6.07, 6.45) is 1.35. The molecular formula is C10H23P. The number of hydrogen-bond acceptors (Lipinski definition) is 0. The van der Waals surface area contributed by atoms with Crippen molar-refractivity contribution in [2.45, 2.75) is 64.9 Å². The van der Waals surface area contributed by atoms with Gasteiger partial charge in [-0.1, -0.05) is 49.5 Å². The van der Waals surface area contributed by atoms with Gasteiger partial charge < -0.3 is 0 Å². The van der Waals surface area contributed by atoms with Crippen LogP contribution in [0.4, 0.5) is 0 Å². The van der Waals surface area contributed by atoms with E-state index in [2.05, 4.69) is 41.5 Å². The minimum Gasteiger partial charge on any atom is -0.0985 e. The summed E-state index contributed by atoms with van der Waals surface area (Å²) in [5.41, 5.74) is 2.75. The average molecular weight is 174 g/mol. The predicted octanol–water partition coefficient (Wildman–Crippen LogP) is 4.08. The highest BCUT2D eigenvalue weighted by Crippen LogP contribution is 2.51. The predicted molar refractivity (Wildman–Crippen MR) is 56.9 cm³/mol. The van der Waals surface area contributed by atoms with Gasteiger partial charge >= 0.3 is 0 Å². The molecule has 1 heteroatoms. The second-order valence-corrected chi connectivity index (χ2v) is 7.73. The smallest absolute Gasteiger partial charge is 0.0236 e. The van der Waals surface area contributed by atoms with Crippen LogP contribution in [-0.4, -0.2) is 17.0 Å². The normalized spacial score (nSPS) is 15.0. The maximum atomic E-state index is 2.41. The first-order chi connectivity index (χ1) is 5.00. The monoisotopic (exact) mass is 174 g/mol. The Morgan fingerprint density at radius 2 is 1.27 bits per heavy atom. The van der Waals surface area contributed by atoms with Gasteiger partial charge in [-0.25, -0.2) is 0 Å². The lowest BCUT2D eigenvalue weighted by Crippen LogP contribution is -2.13. The highest BCUT2D eigenvalue weighted by molar-refractivity contribution is 7.59. The molecule has 0 N–H and O–H groups in total. The fraction of sp³-hybridized carbons (Fsp3) is 1.00. The van der Waals surface area contributed by atoms with Crippen molar-refractivity contribution >= 4 is 7.92 Å². The quantitative estimate of drug-likeness (QED) is 0.563. The Bertz CT molecular complexity index is 89.0. The van der Waals surface area contributed by atoms with Gasteiger partial charge in [0.25, 0.3) is 0 Å². The zero-order valence-electron chi connectivity index (χ0n) is 8.89. The molecule has 0 aromatic heterocycles. The van der Waals surface area contributed by atoms with Crippen LogP contribution in [0.3, 0.4) is 0 Å². The van der Waals surface area contributed by atoms with Crippen LogP contribution in [0, 0.1) is 0 Å². The Labute approximate surface area is 73.5 Å². The van der Waals surface area contributed by atoms with Gasteiger partial charge in [0, 0.05) is 0 Å². The highest BCUT2D eigenvalue weighted by Gasteiger charge is 2.21. The Morgan fingerprint density at radius 1 is 0.909 bits per heavy atom. The summed E-state index contributed by atoms with van der Waals surface area (Å²) in [6.45, 7) is 14.2. The minimum absolute atomic E-state index is 0.260. The van der Waals surface area contributed by atoms with Crippen molar-refractivity contribution in [1.82, 2.24) is 0 Å². The molecule has 11 heavy (non-hydrogen) atoms. The molecule has 0 aromatic carbocycles. The van der Waals surface area contributed by atoms with Gasteiger partial charge in [-0.05, 0) is 23.4 Å². The first-order valence-corrected chi connectivity index (χ1v) is 6.33. The van der Waals surface area contributed by atoms with E-state index < -0.39 is 0 Å². The van der Waals surface area contributed by atoms with Crippen LogP contribution in [0.5, 0.6) is 0 Å². The lowest BCUT2D eigenvalue weighted by Gasteiger charge is -2.31. The molecule has 0 amide bonds. The molecule has 0 fully saturated rings. The number of hydrogen-bond donors (Lipinski definition) is 0. The molecule has 0 spiro atoms. The minimum atomic E-state index is 0.260. The van der Waals surface area contributed by atoms with E-state index in [1.54, 1.807) is 0 Å². The molecule has 0 bridgehead atoms. The highest BCUT2D eigenvalue weighted by atomic mass is 31.1. The summed E-state index contributed by atoms with van der Waals surface area (Å²) in [4.78, 5) is 0. The SMILES string of the molecule is CCC(C)P(C(C)C)C(C)C. The maximum absolute atomic E-state index is 2.41. The van der Waals surface area contributed by atoms with E-state index in [1.165, 1.54) is 6.42 Å². The van der Waals surface area contributed by atoms with Crippen LogP contribution in [0.25, 0.3) is 0 Å². The molecule has 0 aliphatic carbocycles. The molecule has 1 unspecified atom stereocenters. The van der Waals surface area contributed by atoms with Crippen molar-refractivity contribution in [1.29, 1.82) is 0 Å². The lowest BCUT2D eigenvalue weighted by molar-refractivity contribution is 0.850. The molecule has 1 atom stereocenters. The molecule has 0 aliphatic heterocycles. The molecule has 0 saturated carbocycles. The van der Waals surface area contributed by atoms with Crippen molar-refractivity contribution in [3.63, 3.8) is 0 Å². The van der Waals surface area contributed by atoms with Gasteiger partial charge in [-0.15, -0.1) is 0 Å². The maximum Gasteiger partial charge on any atom is -0.0236 e. The molecule has 0 radical (unpaired) electrons. The summed E-state index contributed by atoms with van der Waals surface area (Å²) in [5.74, 6) is 0. The third kappa shape index (κ3) is 3.56. The summed E-state index contributed by atoms with van der Waals surface area (Å²) >= 11 is 0. The van der Waals surface area contributed by atoms with Crippen LogP contribution in [-0.2, 0) is 0 Å². The molecular weight excluding hydrogens is 151 g/mol. The summed E-state index contributed by atoms with van der Waals surface area (Å²) in [5, 5.41) is 0. The first kappa shape index (κ1) is 11.4. The van der Waals surface area contributed by atoms with E-state index in [4.69, 9.17) is 0 Å². The van der Waals surface area contributed by atoms with E-state index in [0.29, 0.717) is 0 Å². The van der Waals surface area contributed by atoms with Crippen molar-refractivity contribution in [3.05, 3.63) is 0 Å². The molecule has 0 nitrogen and oxygen atoms in total. The van der Waals surface area contributed by atoms with Crippen molar-refractivity contribution in [2.75, 3.05) is 0 Å². The molecule has 0 rings (SSSR count). The molecule has 0 aromatic rings. The van der Waals surface area contributed by atoms with Crippen LogP contribution < -0.4 is 0 Å². The Kier molecular flexibility index (Phi) is 5.34. The fourth-order valence-electron chi connectivity index (χ4n) is 1.83. The van der Waals surface area contributed by atoms with Gasteiger partial charge in [0.1, 0.15) is 0 Å². The zero-order valence-corrected chi connectivity index (χ0v) is 9.78. The third-order valence-corrected chi connectivity index (χ3v) is 6.06. The Hall–Kier alpha value is 0.430. The Morgan fingerprint density at radius 3 is 1.36 bits per heavy atom. The van der Waals surface area contributed by atoms with Gasteiger partial charge in [0.05, 0.1) is 0 Å². The van der Waals surface area contributed by atoms with Gasteiger partial charge in [0.2, 0.25) is 0 Å². The molecule has 0 aliphatic rings. The average Bonchev–Trinajstić information content (AvgIpc) is 1.85. The number of rotatable bonds is 4. The van der Waals surface area contributed by atoms with E-state index in [9.17, 15) is 0 Å². The fourth-order valence-corrected chi connectivity index (χ4v) is 5.48. The van der Waals surface area contributed by atoms with E-state index in [-0.39, 0.29) is 7.92 Å². The van der Waals surface area contributed by atoms with Crippen LogP contribution >= 0.6 is 7.92 Å². The van der Waals surface area contributed by atoms with Crippen LogP contribution in [0.15, 0.2) is 0 Å². The van der Waals surface area contributed by atoms with Crippen molar-refractivity contribution in [3.8, 4) is 0 Å². The summed E-state index contributed by atoms with van der Waals surface area (Å²) in [6, 6.07) is 0. The van der Waals surface area contributed by atoms with Crippen molar-refractivity contribution in [2.24, 2.45) is 0 Å². The van der Waals surface area contributed by atoms with E-state index in [1.807, 2.05) is 0 Å². The van der Waals surface area contributed by atoms with Crippen LogP contribution in [0.2, 0.25) is 0 Å².